The van der Waals surface area contributed by atoms with Crippen molar-refractivity contribution in [3.63, 3.8) is 0 Å². The fourth-order valence-electron chi connectivity index (χ4n) is 5.55. The van der Waals surface area contributed by atoms with Crippen molar-refractivity contribution in [1.82, 2.24) is 9.80 Å². The highest BCUT2D eigenvalue weighted by molar-refractivity contribution is 7.89. The Morgan fingerprint density at radius 3 is 2.36 bits per heavy atom. The Balaban J connectivity index is 1.43. The molecule has 0 radical (unpaired) electrons. The molecule has 2 aromatic carbocycles. The molecular formula is C30H35N3O7S2. The summed E-state index contributed by atoms with van der Waals surface area (Å²) < 4.78 is 41.4. The number of carbonyl (C=O) groups is 2. The van der Waals surface area contributed by atoms with Crippen molar-refractivity contribution >= 4 is 39.0 Å². The molecule has 2 aliphatic rings. The van der Waals surface area contributed by atoms with Gasteiger partial charge in [-0.25, -0.2) is 0 Å². The second kappa shape index (κ2) is 12.8. The highest BCUT2D eigenvalue weighted by Crippen LogP contribution is 2.40. The third-order valence-corrected chi connectivity index (χ3v) is 10.5. The van der Waals surface area contributed by atoms with Crippen LogP contribution in [0.25, 0.3) is 0 Å². The molecule has 12 heteroatoms. The predicted octanol–water partition coefficient (Wildman–Crippen LogP) is 4.43. The van der Waals surface area contributed by atoms with Gasteiger partial charge < -0.3 is 19.3 Å². The van der Waals surface area contributed by atoms with Crippen molar-refractivity contribution in [2.75, 3.05) is 58.5 Å². The van der Waals surface area contributed by atoms with Crippen LogP contribution in [0.5, 0.6) is 11.5 Å². The summed E-state index contributed by atoms with van der Waals surface area (Å²) in [5.74, 6) is 0.232. The number of ether oxygens (including phenoxy) is 2. The Labute approximate surface area is 250 Å². The lowest BCUT2D eigenvalue weighted by atomic mass is 9.99. The molecule has 1 fully saturated rings. The van der Waals surface area contributed by atoms with E-state index in [0.717, 1.165) is 49.7 Å². The van der Waals surface area contributed by atoms with Crippen LogP contribution in [0, 0.1) is 0 Å². The molecule has 42 heavy (non-hydrogen) atoms. The number of hydrogen-bond acceptors (Lipinski definition) is 10. The van der Waals surface area contributed by atoms with E-state index in [1.54, 1.807) is 35.7 Å². The van der Waals surface area contributed by atoms with Crippen molar-refractivity contribution in [2.45, 2.75) is 30.0 Å². The maximum Gasteiger partial charge on any atom is 0.306 e. The van der Waals surface area contributed by atoms with E-state index in [1.807, 2.05) is 12.1 Å². The number of anilines is 1. The molecule has 1 atom stereocenters. The summed E-state index contributed by atoms with van der Waals surface area (Å²) in [5.41, 5.74) is 2.22. The Kier molecular flexibility index (Phi) is 9.16. The molecule has 1 unspecified atom stereocenters. The van der Waals surface area contributed by atoms with Crippen molar-refractivity contribution in [2.24, 2.45) is 0 Å². The molecule has 0 N–H and O–H groups in total. The monoisotopic (exact) mass is 613 g/mol. The van der Waals surface area contributed by atoms with Gasteiger partial charge in [-0.3, -0.25) is 18.7 Å². The number of likely N-dealkylation sites (N-methyl/N-ethyl adjacent to an activating group) is 1. The number of imide groups is 1. The van der Waals surface area contributed by atoms with E-state index in [9.17, 15) is 18.0 Å². The van der Waals surface area contributed by atoms with E-state index < -0.39 is 16.2 Å². The van der Waals surface area contributed by atoms with Gasteiger partial charge in [0.15, 0.2) is 11.5 Å². The van der Waals surface area contributed by atoms with Gasteiger partial charge in [-0.05, 0) is 60.7 Å². The maximum absolute atomic E-state index is 14.1. The Morgan fingerprint density at radius 2 is 1.69 bits per heavy atom. The summed E-state index contributed by atoms with van der Waals surface area (Å²) in [5, 5.41) is 1.67. The third kappa shape index (κ3) is 5.89. The van der Waals surface area contributed by atoms with Crippen LogP contribution in [0.3, 0.4) is 0 Å². The van der Waals surface area contributed by atoms with Crippen molar-refractivity contribution in [3.05, 3.63) is 70.6 Å². The first kappa shape index (κ1) is 30.0. The minimum atomic E-state index is -3.88. The number of fused-ring (bicyclic) bond motifs is 1. The zero-order chi connectivity index (χ0) is 29.9. The smallest absolute Gasteiger partial charge is 0.306 e. The lowest BCUT2D eigenvalue weighted by Crippen LogP contribution is -2.46. The standard InChI is InChI=1S/C30H35N3O7S2/c1-4-31-14-16-32(17-15-31)24-9-5-8-22-28(24)30(35)33(29(22)34)23(21-12-13-25(38-2)26(20-21)39-3)10-6-18-40-42(36,37)27-11-7-19-41-27/h5,7-9,11-13,19-20,23H,4,6,10,14-18H2,1-3H3. The zero-order valence-electron chi connectivity index (χ0n) is 23.9. The maximum atomic E-state index is 14.1. The van der Waals surface area contributed by atoms with E-state index in [4.69, 9.17) is 13.7 Å². The number of benzene rings is 2. The number of hydrogen-bond donors (Lipinski definition) is 0. The molecule has 10 nitrogen and oxygen atoms in total. The summed E-state index contributed by atoms with van der Waals surface area (Å²) in [6.07, 6.45) is 0.564. The number of carbonyl (C=O) groups excluding carboxylic acids is 2. The van der Waals surface area contributed by atoms with Gasteiger partial charge in [0.2, 0.25) is 0 Å². The number of piperazine rings is 1. The molecule has 3 heterocycles. The predicted molar refractivity (Wildman–Crippen MR) is 160 cm³/mol. The van der Waals surface area contributed by atoms with Gasteiger partial charge in [0.1, 0.15) is 4.21 Å². The molecule has 3 aromatic rings. The molecule has 2 aliphatic heterocycles. The van der Waals surface area contributed by atoms with E-state index in [1.165, 1.54) is 25.2 Å². The molecule has 0 spiro atoms. The summed E-state index contributed by atoms with van der Waals surface area (Å²) in [7, 11) is -0.827. The highest BCUT2D eigenvalue weighted by Gasteiger charge is 2.43. The number of amides is 2. The van der Waals surface area contributed by atoms with Crippen LogP contribution in [0.1, 0.15) is 52.1 Å². The summed E-state index contributed by atoms with van der Waals surface area (Å²) >= 11 is 1.08. The number of methoxy groups -OCH3 is 2. The average molecular weight is 614 g/mol. The SMILES string of the molecule is CCN1CCN(c2cccc3c2C(=O)N(C(CCCOS(=O)(=O)c2cccs2)c2ccc(OC)c(OC)c2)C3=O)CC1. The molecule has 2 amide bonds. The Hall–Kier alpha value is -3.45. The van der Waals surface area contributed by atoms with Crippen LogP contribution in [-0.2, 0) is 14.3 Å². The minimum absolute atomic E-state index is 0.0971. The molecule has 5 rings (SSSR count). The molecule has 224 valence electrons. The largest absolute Gasteiger partial charge is 0.493 e. The molecule has 1 saturated heterocycles. The van der Waals surface area contributed by atoms with Crippen LogP contribution < -0.4 is 14.4 Å². The van der Waals surface area contributed by atoms with Crippen molar-refractivity contribution in [3.8, 4) is 11.5 Å². The topological polar surface area (TPSA) is 106 Å². The van der Waals surface area contributed by atoms with E-state index in [2.05, 4.69) is 16.7 Å². The molecule has 0 saturated carbocycles. The van der Waals surface area contributed by atoms with Crippen LogP contribution in [0.4, 0.5) is 5.69 Å². The first-order chi connectivity index (χ1) is 20.3. The average Bonchev–Trinajstić information content (AvgIpc) is 3.65. The lowest BCUT2D eigenvalue weighted by molar-refractivity contribution is 0.0568. The van der Waals surface area contributed by atoms with Gasteiger partial charge in [-0.2, -0.15) is 8.42 Å². The van der Waals surface area contributed by atoms with E-state index >= 15 is 0 Å². The number of nitrogens with zero attached hydrogens (tertiary/aromatic N) is 3. The first-order valence-electron chi connectivity index (χ1n) is 13.9. The van der Waals surface area contributed by atoms with Crippen molar-refractivity contribution < 1.29 is 31.7 Å². The van der Waals surface area contributed by atoms with Gasteiger partial charge in [-0.1, -0.05) is 25.1 Å². The third-order valence-electron chi connectivity index (χ3n) is 7.79. The summed E-state index contributed by atoms with van der Waals surface area (Å²) in [4.78, 5) is 33.8. The molecule has 0 bridgehead atoms. The zero-order valence-corrected chi connectivity index (χ0v) is 25.6. The van der Waals surface area contributed by atoms with Crippen LogP contribution in [-0.4, -0.2) is 83.6 Å². The van der Waals surface area contributed by atoms with Gasteiger partial charge >= 0.3 is 10.1 Å². The van der Waals surface area contributed by atoms with Crippen LogP contribution in [0.15, 0.2) is 58.1 Å². The van der Waals surface area contributed by atoms with Gasteiger partial charge in [0.05, 0.1) is 43.7 Å². The van der Waals surface area contributed by atoms with Gasteiger partial charge in [0, 0.05) is 26.2 Å². The molecule has 1 aromatic heterocycles. The van der Waals surface area contributed by atoms with Gasteiger partial charge in [0.25, 0.3) is 11.8 Å². The molecular weight excluding hydrogens is 578 g/mol. The first-order valence-corrected chi connectivity index (χ1v) is 16.2. The van der Waals surface area contributed by atoms with Crippen LogP contribution >= 0.6 is 11.3 Å². The van der Waals surface area contributed by atoms with E-state index in [-0.39, 0.29) is 35.5 Å². The number of rotatable bonds is 12. The second-order valence-electron chi connectivity index (χ2n) is 10.1. The number of thiophene rings is 1. The summed E-state index contributed by atoms with van der Waals surface area (Å²) in [6.45, 7) is 6.30. The Morgan fingerprint density at radius 1 is 0.929 bits per heavy atom. The van der Waals surface area contributed by atoms with Crippen molar-refractivity contribution in [1.29, 1.82) is 0 Å². The van der Waals surface area contributed by atoms with Crippen LogP contribution in [0.2, 0.25) is 0 Å². The molecule has 0 aliphatic carbocycles. The minimum Gasteiger partial charge on any atom is -0.493 e. The van der Waals surface area contributed by atoms with Gasteiger partial charge in [-0.15, -0.1) is 11.3 Å². The fraction of sp³-hybridized carbons (Fsp3) is 0.400. The lowest BCUT2D eigenvalue weighted by Gasteiger charge is -2.36. The normalized spacial score (nSPS) is 16.5. The fourth-order valence-corrected chi connectivity index (χ4v) is 7.48. The Bertz CT molecular complexity index is 1530. The summed E-state index contributed by atoms with van der Waals surface area (Å²) in [6, 6.07) is 13.2. The quantitative estimate of drug-likeness (QED) is 0.167. The second-order valence-corrected chi connectivity index (χ2v) is 12.9. The van der Waals surface area contributed by atoms with E-state index in [0.29, 0.717) is 28.2 Å². The highest BCUT2D eigenvalue weighted by atomic mass is 32.3.